The van der Waals surface area contributed by atoms with E-state index < -0.39 is 0 Å². The third kappa shape index (κ3) is 5.77. The number of carbonyl (C=O) groups excluding carboxylic acids is 1. The van der Waals surface area contributed by atoms with E-state index in [0.717, 1.165) is 18.5 Å². The van der Waals surface area contributed by atoms with Gasteiger partial charge in [-0.2, -0.15) is 0 Å². The summed E-state index contributed by atoms with van der Waals surface area (Å²) in [4.78, 5) is 11.8. The summed E-state index contributed by atoms with van der Waals surface area (Å²) in [6.07, 6.45) is 2.14. The van der Waals surface area contributed by atoms with E-state index in [1.54, 1.807) is 0 Å². The van der Waals surface area contributed by atoms with Crippen LogP contribution in [-0.4, -0.2) is 12.1 Å². The number of anilines is 1. The molecule has 1 rings (SSSR count). The highest BCUT2D eigenvalue weighted by molar-refractivity contribution is 5.89. The average molecular weight is 262 g/mol. The smallest absolute Gasteiger partial charge is 0.319 e. The lowest BCUT2D eigenvalue weighted by atomic mass is 10.0. The zero-order valence-corrected chi connectivity index (χ0v) is 12.7. The van der Waals surface area contributed by atoms with E-state index in [2.05, 4.69) is 31.4 Å². The number of hydrogen-bond acceptors (Lipinski definition) is 1. The van der Waals surface area contributed by atoms with Gasteiger partial charge in [-0.25, -0.2) is 4.79 Å². The first kappa shape index (κ1) is 15.5. The van der Waals surface area contributed by atoms with Crippen LogP contribution in [0.3, 0.4) is 0 Å². The molecule has 1 aromatic carbocycles. The van der Waals surface area contributed by atoms with Gasteiger partial charge in [-0.1, -0.05) is 19.9 Å². The highest BCUT2D eigenvalue weighted by Gasteiger charge is 2.08. The van der Waals surface area contributed by atoms with Gasteiger partial charge in [0.15, 0.2) is 0 Å². The monoisotopic (exact) mass is 262 g/mol. The summed E-state index contributed by atoms with van der Waals surface area (Å²) in [5.41, 5.74) is 3.26. The molecular weight excluding hydrogens is 236 g/mol. The first-order valence-corrected chi connectivity index (χ1v) is 7.03. The highest BCUT2D eigenvalue weighted by atomic mass is 16.2. The van der Waals surface area contributed by atoms with Gasteiger partial charge in [-0.15, -0.1) is 0 Å². The number of amides is 2. The van der Waals surface area contributed by atoms with Crippen LogP contribution in [0.15, 0.2) is 18.2 Å². The molecule has 0 fully saturated rings. The van der Waals surface area contributed by atoms with Crippen LogP contribution in [0.4, 0.5) is 10.5 Å². The van der Waals surface area contributed by atoms with E-state index in [1.165, 1.54) is 11.1 Å². The van der Waals surface area contributed by atoms with Crippen molar-refractivity contribution in [2.45, 2.75) is 53.5 Å². The Bertz CT molecular complexity index is 427. The number of carbonyl (C=O) groups is 1. The van der Waals surface area contributed by atoms with Crippen molar-refractivity contribution in [2.75, 3.05) is 5.32 Å². The van der Waals surface area contributed by atoms with Crippen LogP contribution in [0.2, 0.25) is 0 Å². The van der Waals surface area contributed by atoms with Crippen LogP contribution in [0.25, 0.3) is 0 Å². The maximum absolute atomic E-state index is 11.8. The van der Waals surface area contributed by atoms with Crippen LogP contribution in [0.1, 0.15) is 44.7 Å². The van der Waals surface area contributed by atoms with Crippen molar-refractivity contribution in [1.29, 1.82) is 0 Å². The van der Waals surface area contributed by atoms with Gasteiger partial charge >= 0.3 is 6.03 Å². The Morgan fingerprint density at radius 3 is 2.37 bits per heavy atom. The van der Waals surface area contributed by atoms with E-state index >= 15 is 0 Å². The number of nitrogens with one attached hydrogen (secondary N) is 2. The average Bonchev–Trinajstić information content (AvgIpc) is 2.31. The standard InChI is InChI=1S/C16H26N2O/c1-11(2)6-8-14(5)17-16(19)18-15-9-7-12(3)13(4)10-15/h7,9-11,14H,6,8H2,1-5H3,(H2,17,18,19). The number of benzene rings is 1. The SMILES string of the molecule is Cc1ccc(NC(=O)NC(C)CCC(C)C)cc1C. The Labute approximate surface area is 116 Å². The van der Waals surface area contributed by atoms with Crippen molar-refractivity contribution in [3.8, 4) is 0 Å². The molecule has 0 spiro atoms. The first-order chi connectivity index (χ1) is 8.88. The van der Waals surface area contributed by atoms with Crippen LogP contribution in [0, 0.1) is 19.8 Å². The molecule has 0 saturated heterocycles. The summed E-state index contributed by atoms with van der Waals surface area (Å²) in [6.45, 7) is 10.5. The van der Waals surface area contributed by atoms with Crippen molar-refractivity contribution in [1.82, 2.24) is 5.32 Å². The molecular formula is C16H26N2O. The molecule has 0 bridgehead atoms. The zero-order chi connectivity index (χ0) is 14.4. The first-order valence-electron chi connectivity index (χ1n) is 7.03. The van der Waals surface area contributed by atoms with Crippen molar-refractivity contribution in [2.24, 2.45) is 5.92 Å². The Balaban J connectivity index is 2.44. The molecule has 1 unspecified atom stereocenters. The van der Waals surface area contributed by atoms with Gasteiger partial charge in [0.2, 0.25) is 0 Å². The molecule has 0 aromatic heterocycles. The molecule has 0 radical (unpaired) electrons. The lowest BCUT2D eigenvalue weighted by molar-refractivity contribution is 0.248. The predicted molar refractivity (Wildman–Crippen MR) is 81.6 cm³/mol. The normalized spacial score (nSPS) is 12.3. The molecule has 2 amide bonds. The zero-order valence-electron chi connectivity index (χ0n) is 12.7. The van der Waals surface area contributed by atoms with Crippen LogP contribution in [-0.2, 0) is 0 Å². The van der Waals surface area contributed by atoms with Crippen LogP contribution < -0.4 is 10.6 Å². The maximum atomic E-state index is 11.8. The molecule has 0 aliphatic rings. The number of urea groups is 1. The molecule has 0 aliphatic heterocycles. The fraction of sp³-hybridized carbons (Fsp3) is 0.562. The minimum Gasteiger partial charge on any atom is -0.335 e. The molecule has 0 aliphatic carbocycles. The molecule has 1 atom stereocenters. The van der Waals surface area contributed by atoms with Crippen LogP contribution >= 0.6 is 0 Å². The van der Waals surface area contributed by atoms with Gasteiger partial charge in [-0.05, 0) is 62.8 Å². The van der Waals surface area contributed by atoms with E-state index in [1.807, 2.05) is 32.0 Å². The molecule has 19 heavy (non-hydrogen) atoms. The minimum atomic E-state index is -0.125. The van der Waals surface area contributed by atoms with E-state index in [9.17, 15) is 4.79 Å². The molecule has 0 saturated carbocycles. The van der Waals surface area contributed by atoms with Gasteiger partial charge in [0.25, 0.3) is 0 Å². The highest BCUT2D eigenvalue weighted by Crippen LogP contribution is 2.14. The Morgan fingerprint density at radius 2 is 1.79 bits per heavy atom. The summed E-state index contributed by atoms with van der Waals surface area (Å²) in [6, 6.07) is 6.02. The van der Waals surface area contributed by atoms with Crippen molar-refractivity contribution >= 4 is 11.7 Å². The van der Waals surface area contributed by atoms with Gasteiger partial charge < -0.3 is 10.6 Å². The van der Waals surface area contributed by atoms with Crippen molar-refractivity contribution < 1.29 is 4.79 Å². The van der Waals surface area contributed by atoms with E-state index in [4.69, 9.17) is 0 Å². The van der Waals surface area contributed by atoms with Crippen molar-refractivity contribution in [3.05, 3.63) is 29.3 Å². The lowest BCUT2D eigenvalue weighted by Crippen LogP contribution is -2.36. The second-order valence-corrected chi connectivity index (χ2v) is 5.77. The second kappa shape index (κ2) is 7.17. The fourth-order valence-electron chi connectivity index (χ4n) is 1.87. The Morgan fingerprint density at radius 1 is 1.11 bits per heavy atom. The Hall–Kier alpha value is -1.51. The van der Waals surface area contributed by atoms with Gasteiger partial charge in [0.1, 0.15) is 0 Å². The summed E-state index contributed by atoms with van der Waals surface area (Å²) in [7, 11) is 0. The molecule has 3 nitrogen and oxygen atoms in total. The van der Waals surface area contributed by atoms with Gasteiger partial charge in [0.05, 0.1) is 0 Å². The molecule has 1 aromatic rings. The topological polar surface area (TPSA) is 41.1 Å². The summed E-state index contributed by atoms with van der Waals surface area (Å²) < 4.78 is 0. The van der Waals surface area contributed by atoms with E-state index in [-0.39, 0.29) is 12.1 Å². The molecule has 2 N–H and O–H groups in total. The maximum Gasteiger partial charge on any atom is 0.319 e. The van der Waals surface area contributed by atoms with Gasteiger partial charge in [-0.3, -0.25) is 0 Å². The van der Waals surface area contributed by atoms with Gasteiger partial charge in [0, 0.05) is 11.7 Å². The lowest BCUT2D eigenvalue weighted by Gasteiger charge is -2.16. The fourth-order valence-corrected chi connectivity index (χ4v) is 1.87. The second-order valence-electron chi connectivity index (χ2n) is 5.77. The molecule has 106 valence electrons. The predicted octanol–water partition coefficient (Wildman–Crippen LogP) is 4.25. The molecule has 3 heteroatoms. The van der Waals surface area contributed by atoms with Crippen molar-refractivity contribution in [3.63, 3.8) is 0 Å². The summed E-state index contributed by atoms with van der Waals surface area (Å²) in [5, 5.41) is 5.85. The number of rotatable bonds is 5. The number of aryl methyl sites for hydroxylation is 2. The van der Waals surface area contributed by atoms with Crippen LogP contribution in [0.5, 0.6) is 0 Å². The van der Waals surface area contributed by atoms with E-state index in [0.29, 0.717) is 5.92 Å². The minimum absolute atomic E-state index is 0.125. The third-order valence-electron chi connectivity index (χ3n) is 3.32. The number of hydrogen-bond donors (Lipinski definition) is 2. The Kier molecular flexibility index (Phi) is 5.87. The summed E-state index contributed by atoms with van der Waals surface area (Å²) >= 11 is 0. The third-order valence-corrected chi connectivity index (χ3v) is 3.32. The molecule has 0 heterocycles. The summed E-state index contributed by atoms with van der Waals surface area (Å²) in [5.74, 6) is 0.673. The quantitative estimate of drug-likeness (QED) is 0.818. The largest absolute Gasteiger partial charge is 0.335 e.